The van der Waals surface area contributed by atoms with Crippen molar-refractivity contribution in [2.75, 3.05) is 20.3 Å². The van der Waals surface area contributed by atoms with Crippen LogP contribution in [0.5, 0.6) is 0 Å². The zero-order valence-electron chi connectivity index (χ0n) is 11.1. The molecular formula is C14H27NO2. The molecule has 0 aromatic carbocycles. The molecule has 2 rings (SSSR count). The first-order chi connectivity index (χ1) is 8.33. The Kier molecular flexibility index (Phi) is 5.26. The maximum atomic E-state index is 6.43. The van der Waals surface area contributed by atoms with Crippen LogP contribution in [0.15, 0.2) is 0 Å². The van der Waals surface area contributed by atoms with Gasteiger partial charge in [-0.3, -0.25) is 0 Å². The lowest BCUT2D eigenvalue weighted by Gasteiger charge is -2.38. The van der Waals surface area contributed by atoms with E-state index in [4.69, 9.17) is 15.2 Å². The van der Waals surface area contributed by atoms with E-state index in [2.05, 4.69) is 0 Å². The molecule has 1 aliphatic carbocycles. The third-order valence-electron chi connectivity index (χ3n) is 4.51. The second-order valence-electron chi connectivity index (χ2n) is 5.65. The first kappa shape index (κ1) is 13.3. The van der Waals surface area contributed by atoms with E-state index in [-0.39, 0.29) is 12.1 Å². The highest BCUT2D eigenvalue weighted by atomic mass is 16.5. The molecule has 0 aromatic heterocycles. The first-order valence-corrected chi connectivity index (χ1v) is 7.19. The molecule has 0 radical (unpaired) electrons. The minimum atomic E-state index is 0.156. The van der Waals surface area contributed by atoms with Crippen LogP contribution in [0.25, 0.3) is 0 Å². The number of nitrogens with two attached hydrogens (primary N) is 1. The molecule has 1 aliphatic heterocycles. The number of rotatable bonds is 4. The summed E-state index contributed by atoms with van der Waals surface area (Å²) >= 11 is 0. The lowest BCUT2D eigenvalue weighted by molar-refractivity contribution is -0.0284. The summed E-state index contributed by atoms with van der Waals surface area (Å²) in [7, 11) is 1.82. The minimum Gasteiger partial charge on any atom is -0.381 e. The van der Waals surface area contributed by atoms with Crippen LogP contribution in [0.2, 0.25) is 0 Å². The van der Waals surface area contributed by atoms with Gasteiger partial charge in [-0.05, 0) is 37.5 Å². The maximum Gasteiger partial charge on any atom is 0.0753 e. The Morgan fingerprint density at radius 3 is 2.35 bits per heavy atom. The molecule has 0 bridgehead atoms. The summed E-state index contributed by atoms with van der Waals surface area (Å²) in [6.45, 7) is 1.73. The van der Waals surface area contributed by atoms with Crippen LogP contribution in [0.1, 0.15) is 44.9 Å². The van der Waals surface area contributed by atoms with Crippen molar-refractivity contribution in [2.24, 2.45) is 17.6 Å². The molecular weight excluding hydrogens is 214 g/mol. The SMILES string of the molecule is COC(C1CCCCC1)C(N)C1CCCOC1. The highest BCUT2D eigenvalue weighted by Gasteiger charge is 2.33. The van der Waals surface area contributed by atoms with Gasteiger partial charge in [0.05, 0.1) is 12.7 Å². The van der Waals surface area contributed by atoms with Gasteiger partial charge in [-0.25, -0.2) is 0 Å². The third kappa shape index (κ3) is 3.43. The average Bonchev–Trinajstić information content (AvgIpc) is 2.42. The van der Waals surface area contributed by atoms with Crippen molar-refractivity contribution in [1.29, 1.82) is 0 Å². The largest absolute Gasteiger partial charge is 0.381 e. The standard InChI is InChI=1S/C14H27NO2/c1-16-14(11-6-3-2-4-7-11)13(15)12-8-5-9-17-10-12/h11-14H,2-10,15H2,1H3. The van der Waals surface area contributed by atoms with E-state index >= 15 is 0 Å². The molecule has 0 amide bonds. The highest BCUT2D eigenvalue weighted by molar-refractivity contribution is 4.87. The van der Waals surface area contributed by atoms with E-state index in [1.54, 1.807) is 0 Å². The van der Waals surface area contributed by atoms with Crippen molar-refractivity contribution in [3.8, 4) is 0 Å². The molecule has 1 saturated carbocycles. The molecule has 1 heterocycles. The zero-order chi connectivity index (χ0) is 12.1. The van der Waals surface area contributed by atoms with Gasteiger partial charge in [0, 0.05) is 19.8 Å². The Hall–Kier alpha value is -0.120. The van der Waals surface area contributed by atoms with Gasteiger partial charge in [0.1, 0.15) is 0 Å². The van der Waals surface area contributed by atoms with Gasteiger partial charge in [-0.1, -0.05) is 19.3 Å². The number of hydrogen-bond donors (Lipinski definition) is 1. The van der Waals surface area contributed by atoms with Crippen molar-refractivity contribution >= 4 is 0 Å². The number of ether oxygens (including phenoxy) is 2. The lowest BCUT2D eigenvalue weighted by Crippen LogP contribution is -2.49. The minimum absolute atomic E-state index is 0.156. The molecule has 2 aliphatic rings. The Labute approximate surface area is 105 Å². The fourth-order valence-electron chi connectivity index (χ4n) is 3.46. The number of methoxy groups -OCH3 is 1. The zero-order valence-corrected chi connectivity index (χ0v) is 11.1. The molecule has 3 heteroatoms. The fraction of sp³-hybridized carbons (Fsp3) is 1.00. The Morgan fingerprint density at radius 1 is 1.06 bits per heavy atom. The monoisotopic (exact) mass is 241 g/mol. The van der Waals surface area contributed by atoms with E-state index in [1.165, 1.54) is 38.5 Å². The van der Waals surface area contributed by atoms with E-state index < -0.39 is 0 Å². The van der Waals surface area contributed by atoms with Crippen LogP contribution in [-0.2, 0) is 9.47 Å². The number of hydrogen-bond acceptors (Lipinski definition) is 3. The molecule has 3 atom stereocenters. The maximum absolute atomic E-state index is 6.43. The van der Waals surface area contributed by atoms with Crippen LogP contribution >= 0.6 is 0 Å². The van der Waals surface area contributed by atoms with Crippen LogP contribution < -0.4 is 5.73 Å². The van der Waals surface area contributed by atoms with Crippen molar-refractivity contribution in [1.82, 2.24) is 0 Å². The van der Waals surface area contributed by atoms with E-state index in [1.807, 2.05) is 7.11 Å². The summed E-state index contributed by atoms with van der Waals surface area (Å²) in [4.78, 5) is 0. The van der Waals surface area contributed by atoms with Gasteiger partial charge in [0.25, 0.3) is 0 Å². The molecule has 0 spiro atoms. The van der Waals surface area contributed by atoms with E-state index in [9.17, 15) is 0 Å². The smallest absolute Gasteiger partial charge is 0.0753 e. The Balaban J connectivity index is 1.90. The molecule has 2 N–H and O–H groups in total. The van der Waals surface area contributed by atoms with Gasteiger partial charge in [-0.15, -0.1) is 0 Å². The van der Waals surface area contributed by atoms with Crippen molar-refractivity contribution < 1.29 is 9.47 Å². The van der Waals surface area contributed by atoms with Gasteiger partial charge in [-0.2, -0.15) is 0 Å². The molecule has 17 heavy (non-hydrogen) atoms. The summed E-state index contributed by atoms with van der Waals surface area (Å²) in [6, 6.07) is 0.156. The Bertz CT molecular complexity index is 210. The molecule has 3 unspecified atom stereocenters. The van der Waals surface area contributed by atoms with E-state index in [0.717, 1.165) is 19.6 Å². The van der Waals surface area contributed by atoms with Crippen LogP contribution in [0.3, 0.4) is 0 Å². The topological polar surface area (TPSA) is 44.5 Å². The summed E-state index contributed by atoms with van der Waals surface area (Å²) in [5.41, 5.74) is 6.43. The van der Waals surface area contributed by atoms with Crippen molar-refractivity contribution in [2.45, 2.75) is 57.1 Å². The second kappa shape index (κ2) is 6.72. The summed E-state index contributed by atoms with van der Waals surface area (Å²) < 4.78 is 11.3. The van der Waals surface area contributed by atoms with Gasteiger partial charge in [0.2, 0.25) is 0 Å². The first-order valence-electron chi connectivity index (χ1n) is 7.19. The predicted molar refractivity (Wildman–Crippen MR) is 68.9 cm³/mol. The van der Waals surface area contributed by atoms with Crippen LogP contribution in [0, 0.1) is 11.8 Å². The lowest BCUT2D eigenvalue weighted by atomic mass is 9.78. The average molecular weight is 241 g/mol. The van der Waals surface area contributed by atoms with Gasteiger partial charge >= 0.3 is 0 Å². The quantitative estimate of drug-likeness (QED) is 0.821. The fourth-order valence-corrected chi connectivity index (χ4v) is 3.46. The normalized spacial score (nSPS) is 31.1. The molecule has 0 aromatic rings. The van der Waals surface area contributed by atoms with Crippen molar-refractivity contribution in [3.63, 3.8) is 0 Å². The molecule has 2 fully saturated rings. The molecule has 100 valence electrons. The highest BCUT2D eigenvalue weighted by Crippen LogP contribution is 2.31. The summed E-state index contributed by atoms with van der Waals surface area (Å²) in [5, 5.41) is 0. The predicted octanol–water partition coefficient (Wildman–Crippen LogP) is 2.34. The van der Waals surface area contributed by atoms with Crippen LogP contribution in [-0.4, -0.2) is 32.5 Å². The molecule has 3 nitrogen and oxygen atoms in total. The van der Waals surface area contributed by atoms with Gasteiger partial charge in [0.15, 0.2) is 0 Å². The van der Waals surface area contributed by atoms with E-state index in [0.29, 0.717) is 11.8 Å². The second-order valence-corrected chi connectivity index (χ2v) is 5.65. The van der Waals surface area contributed by atoms with Crippen molar-refractivity contribution in [3.05, 3.63) is 0 Å². The summed E-state index contributed by atoms with van der Waals surface area (Å²) in [6.07, 6.45) is 9.25. The van der Waals surface area contributed by atoms with Gasteiger partial charge < -0.3 is 15.2 Å². The van der Waals surface area contributed by atoms with Crippen LogP contribution in [0.4, 0.5) is 0 Å². The molecule has 1 saturated heterocycles. The summed E-state index contributed by atoms with van der Waals surface area (Å²) in [5.74, 6) is 1.17. The Morgan fingerprint density at radius 2 is 1.76 bits per heavy atom. The third-order valence-corrected chi connectivity index (χ3v) is 4.51.